The van der Waals surface area contributed by atoms with Gasteiger partial charge in [0, 0.05) is 22.0 Å². The Balaban J connectivity index is 1.95. The van der Waals surface area contributed by atoms with Crippen molar-refractivity contribution in [1.29, 1.82) is 0 Å². The van der Waals surface area contributed by atoms with Crippen LogP contribution >= 0.6 is 31.9 Å². The monoisotopic (exact) mass is 439 g/mol. The van der Waals surface area contributed by atoms with Crippen LogP contribution in [0.1, 0.15) is 30.0 Å². The van der Waals surface area contributed by atoms with Crippen molar-refractivity contribution in [2.45, 2.75) is 25.3 Å². The Hall–Kier alpha value is -1.17. The van der Waals surface area contributed by atoms with E-state index in [0.717, 1.165) is 20.1 Å². The lowest BCUT2D eigenvalue weighted by Crippen LogP contribution is -2.29. The largest absolute Gasteiger partial charge is 0.396 e. The molecule has 5 heteroatoms. The first-order valence-corrected chi connectivity index (χ1v) is 9.08. The fraction of sp³-hybridized carbons (Fsp3) is 0.278. The third-order valence-corrected chi connectivity index (χ3v) is 4.84. The number of amides is 1. The highest BCUT2D eigenvalue weighted by atomic mass is 79.9. The van der Waals surface area contributed by atoms with E-state index >= 15 is 0 Å². The normalized spacial score (nSPS) is 12.0. The number of aryl methyl sites for hydroxylation is 1. The van der Waals surface area contributed by atoms with E-state index in [2.05, 4.69) is 37.2 Å². The van der Waals surface area contributed by atoms with Crippen LogP contribution in [-0.4, -0.2) is 17.6 Å². The fourth-order valence-corrected chi connectivity index (χ4v) is 3.19. The lowest BCUT2D eigenvalue weighted by Gasteiger charge is -2.19. The molecule has 0 aliphatic carbocycles. The number of benzene rings is 2. The van der Waals surface area contributed by atoms with Crippen LogP contribution in [0.5, 0.6) is 0 Å². The van der Waals surface area contributed by atoms with Crippen LogP contribution in [-0.2, 0) is 11.2 Å². The van der Waals surface area contributed by atoms with Crippen molar-refractivity contribution in [1.82, 2.24) is 5.32 Å². The molecule has 0 radical (unpaired) electrons. The van der Waals surface area contributed by atoms with Gasteiger partial charge in [-0.2, -0.15) is 0 Å². The van der Waals surface area contributed by atoms with Crippen LogP contribution in [0.15, 0.2) is 57.5 Å². The Morgan fingerprint density at radius 1 is 1.09 bits per heavy atom. The average molecular weight is 441 g/mol. The van der Waals surface area contributed by atoms with Gasteiger partial charge in [0.2, 0.25) is 5.91 Å². The molecule has 122 valence electrons. The number of rotatable bonds is 7. The van der Waals surface area contributed by atoms with Gasteiger partial charge in [-0.25, -0.2) is 0 Å². The minimum absolute atomic E-state index is 0.0119. The summed E-state index contributed by atoms with van der Waals surface area (Å²) in [6, 6.07) is 15.5. The molecule has 2 rings (SSSR count). The molecule has 23 heavy (non-hydrogen) atoms. The lowest BCUT2D eigenvalue weighted by molar-refractivity contribution is -0.121. The van der Waals surface area contributed by atoms with E-state index < -0.39 is 0 Å². The van der Waals surface area contributed by atoms with E-state index in [1.165, 1.54) is 0 Å². The van der Waals surface area contributed by atoms with E-state index in [0.29, 0.717) is 19.3 Å². The van der Waals surface area contributed by atoms with Crippen molar-refractivity contribution in [3.05, 3.63) is 68.6 Å². The maximum Gasteiger partial charge on any atom is 0.220 e. The second-order valence-corrected chi connectivity index (χ2v) is 7.05. The van der Waals surface area contributed by atoms with E-state index in [1.54, 1.807) is 0 Å². The molecule has 0 bridgehead atoms. The van der Waals surface area contributed by atoms with Gasteiger partial charge in [0.25, 0.3) is 0 Å². The average Bonchev–Trinajstić information content (AvgIpc) is 2.54. The zero-order valence-electron chi connectivity index (χ0n) is 12.6. The molecule has 1 amide bonds. The maximum absolute atomic E-state index is 12.2. The minimum Gasteiger partial charge on any atom is -0.396 e. The summed E-state index contributed by atoms with van der Waals surface area (Å²) in [5, 5.41) is 12.3. The topological polar surface area (TPSA) is 49.3 Å². The Bertz CT molecular complexity index is 644. The van der Waals surface area contributed by atoms with Gasteiger partial charge in [-0.05, 0) is 42.2 Å². The van der Waals surface area contributed by atoms with Crippen LogP contribution in [0.25, 0.3) is 0 Å². The first kappa shape index (κ1) is 18.2. The number of hydrogen-bond acceptors (Lipinski definition) is 2. The molecule has 2 aromatic carbocycles. The molecule has 1 unspecified atom stereocenters. The molecule has 0 aliphatic rings. The molecule has 0 fully saturated rings. The Morgan fingerprint density at radius 3 is 2.43 bits per heavy atom. The molecular weight excluding hydrogens is 422 g/mol. The number of carbonyl (C=O) groups is 1. The van der Waals surface area contributed by atoms with Crippen LogP contribution in [0.3, 0.4) is 0 Å². The minimum atomic E-state index is -0.187. The number of aliphatic hydroxyl groups excluding tert-OH is 1. The van der Waals surface area contributed by atoms with Crippen molar-refractivity contribution >= 4 is 37.8 Å². The van der Waals surface area contributed by atoms with Gasteiger partial charge in [-0.1, -0.05) is 62.2 Å². The van der Waals surface area contributed by atoms with Gasteiger partial charge in [-0.15, -0.1) is 0 Å². The molecule has 0 spiro atoms. The van der Waals surface area contributed by atoms with E-state index in [9.17, 15) is 9.90 Å². The molecule has 2 aromatic rings. The predicted octanol–water partition coefficient (Wildman–Crippen LogP) is 4.38. The van der Waals surface area contributed by atoms with Gasteiger partial charge in [0.1, 0.15) is 0 Å². The summed E-state index contributed by atoms with van der Waals surface area (Å²) in [6.07, 6.45) is 1.61. The quantitative estimate of drug-likeness (QED) is 0.670. The van der Waals surface area contributed by atoms with Crippen LogP contribution in [0.4, 0.5) is 0 Å². The van der Waals surface area contributed by atoms with Gasteiger partial charge in [0.05, 0.1) is 6.04 Å². The van der Waals surface area contributed by atoms with Crippen molar-refractivity contribution in [2.24, 2.45) is 0 Å². The van der Waals surface area contributed by atoms with Crippen molar-refractivity contribution in [3.8, 4) is 0 Å². The summed E-state index contributed by atoms with van der Waals surface area (Å²) in [7, 11) is 0. The molecule has 0 saturated carbocycles. The summed E-state index contributed by atoms with van der Waals surface area (Å²) < 4.78 is 1.97. The Morgan fingerprint density at radius 2 is 1.78 bits per heavy atom. The SMILES string of the molecule is O=C(CCc1ccc(Br)cc1)NC(CCO)c1ccccc1Br. The van der Waals surface area contributed by atoms with E-state index in [4.69, 9.17) is 0 Å². The Labute approximate surface area is 153 Å². The van der Waals surface area contributed by atoms with Gasteiger partial charge < -0.3 is 10.4 Å². The first-order valence-electron chi connectivity index (χ1n) is 7.49. The summed E-state index contributed by atoms with van der Waals surface area (Å²) in [5.74, 6) is -0.0119. The van der Waals surface area contributed by atoms with Gasteiger partial charge >= 0.3 is 0 Å². The molecule has 2 N–H and O–H groups in total. The number of nitrogens with one attached hydrogen (secondary N) is 1. The fourth-order valence-electron chi connectivity index (χ4n) is 2.37. The van der Waals surface area contributed by atoms with Crippen molar-refractivity contribution in [3.63, 3.8) is 0 Å². The maximum atomic E-state index is 12.2. The highest BCUT2D eigenvalue weighted by molar-refractivity contribution is 9.10. The highest BCUT2D eigenvalue weighted by Gasteiger charge is 2.16. The molecule has 3 nitrogen and oxygen atoms in total. The van der Waals surface area contributed by atoms with Gasteiger partial charge in [-0.3, -0.25) is 4.79 Å². The molecule has 0 aromatic heterocycles. The summed E-state index contributed by atoms with van der Waals surface area (Å²) in [6.45, 7) is 0.0268. The van der Waals surface area contributed by atoms with Crippen molar-refractivity contribution < 1.29 is 9.90 Å². The second-order valence-electron chi connectivity index (χ2n) is 5.28. The Kier molecular flexibility index (Phi) is 7.27. The number of carbonyl (C=O) groups excluding carboxylic acids is 1. The molecule has 0 aliphatic heterocycles. The second kappa shape index (κ2) is 9.21. The predicted molar refractivity (Wildman–Crippen MR) is 99.2 cm³/mol. The van der Waals surface area contributed by atoms with Gasteiger partial charge in [0.15, 0.2) is 0 Å². The number of hydrogen-bond donors (Lipinski definition) is 2. The first-order chi connectivity index (χ1) is 11.1. The smallest absolute Gasteiger partial charge is 0.220 e. The van der Waals surface area contributed by atoms with E-state index in [1.807, 2.05) is 48.5 Å². The summed E-state index contributed by atoms with van der Waals surface area (Å²) in [4.78, 5) is 12.2. The third-order valence-electron chi connectivity index (χ3n) is 3.59. The van der Waals surface area contributed by atoms with Crippen LogP contribution < -0.4 is 5.32 Å². The molecule has 0 heterocycles. The number of halogens is 2. The lowest BCUT2D eigenvalue weighted by atomic mass is 10.0. The zero-order chi connectivity index (χ0) is 16.7. The molecule has 1 atom stereocenters. The van der Waals surface area contributed by atoms with Crippen LogP contribution in [0.2, 0.25) is 0 Å². The standard InChI is InChI=1S/C18H19Br2NO2/c19-14-8-5-13(6-9-14)7-10-18(23)21-17(11-12-22)15-3-1-2-4-16(15)20/h1-6,8-9,17,22H,7,10-12H2,(H,21,23). The zero-order valence-corrected chi connectivity index (χ0v) is 15.8. The molecule has 0 saturated heterocycles. The van der Waals surface area contributed by atoms with Crippen LogP contribution in [0, 0.1) is 0 Å². The number of aliphatic hydroxyl groups is 1. The highest BCUT2D eigenvalue weighted by Crippen LogP contribution is 2.25. The van der Waals surface area contributed by atoms with E-state index in [-0.39, 0.29) is 18.6 Å². The molecular formula is C18H19Br2NO2. The summed E-state index contributed by atoms with van der Waals surface area (Å²) in [5.41, 5.74) is 2.11. The van der Waals surface area contributed by atoms with Crippen molar-refractivity contribution in [2.75, 3.05) is 6.61 Å². The third kappa shape index (κ3) is 5.75. The summed E-state index contributed by atoms with van der Waals surface area (Å²) >= 11 is 6.90.